The molecule has 2 aromatic rings. The molecule has 0 aliphatic rings. The molecule has 1 aromatic carbocycles. The third-order valence-corrected chi connectivity index (χ3v) is 3.84. The van der Waals surface area contributed by atoms with Gasteiger partial charge < -0.3 is 10.2 Å². The van der Waals surface area contributed by atoms with E-state index in [2.05, 4.69) is 17.2 Å². The van der Waals surface area contributed by atoms with E-state index in [1.165, 1.54) is 0 Å². The fourth-order valence-electron chi connectivity index (χ4n) is 2.08. The quantitative estimate of drug-likeness (QED) is 0.887. The molecule has 0 atom stereocenters. The van der Waals surface area contributed by atoms with Crippen LogP contribution < -0.4 is 5.32 Å². The minimum atomic E-state index is 0.0188. The smallest absolute Gasteiger partial charge is 0.256 e. The van der Waals surface area contributed by atoms with Crippen LogP contribution in [0.5, 0.6) is 0 Å². The normalized spacial score (nSPS) is 10.4. The summed E-state index contributed by atoms with van der Waals surface area (Å²) >= 11 is 1.54. The van der Waals surface area contributed by atoms with Crippen molar-refractivity contribution < 1.29 is 4.79 Å². The predicted octanol–water partition coefficient (Wildman–Crippen LogP) is 3.55. The standard InChI is InChI=1S/C16H21N3OS/c1-4-7-17-15-6-5-12(2)8-14(15)16(20)19(3)9-13-10-21-11-18-13/h5-6,8,10-11,17H,4,7,9H2,1-3H3. The molecule has 112 valence electrons. The van der Waals surface area contributed by atoms with Crippen LogP contribution in [-0.2, 0) is 6.54 Å². The number of aromatic nitrogens is 1. The Morgan fingerprint density at radius 2 is 2.24 bits per heavy atom. The number of carbonyl (C=O) groups is 1. The zero-order valence-corrected chi connectivity index (χ0v) is 13.5. The van der Waals surface area contributed by atoms with Gasteiger partial charge in [0.05, 0.1) is 23.3 Å². The molecule has 0 aliphatic heterocycles. The molecule has 0 unspecified atom stereocenters. The van der Waals surface area contributed by atoms with Crippen molar-refractivity contribution in [1.82, 2.24) is 9.88 Å². The summed E-state index contributed by atoms with van der Waals surface area (Å²) in [4.78, 5) is 18.6. The SMILES string of the molecule is CCCNc1ccc(C)cc1C(=O)N(C)Cc1cscn1. The van der Waals surface area contributed by atoms with Gasteiger partial charge in [0, 0.05) is 24.7 Å². The first-order valence-corrected chi connectivity index (χ1v) is 8.03. The highest BCUT2D eigenvalue weighted by Gasteiger charge is 2.16. The van der Waals surface area contributed by atoms with E-state index in [1.807, 2.05) is 37.6 Å². The molecule has 1 heterocycles. The average molecular weight is 303 g/mol. The number of thiazole rings is 1. The fourth-order valence-corrected chi connectivity index (χ4v) is 2.63. The van der Waals surface area contributed by atoms with Gasteiger partial charge in [0.15, 0.2) is 0 Å². The molecule has 2 rings (SSSR count). The number of hydrogen-bond acceptors (Lipinski definition) is 4. The highest BCUT2D eigenvalue weighted by Crippen LogP contribution is 2.20. The van der Waals surface area contributed by atoms with Gasteiger partial charge in [-0.3, -0.25) is 4.79 Å². The molecule has 0 spiro atoms. The molecule has 21 heavy (non-hydrogen) atoms. The Morgan fingerprint density at radius 3 is 2.90 bits per heavy atom. The van der Waals surface area contributed by atoms with Crippen molar-refractivity contribution in [2.45, 2.75) is 26.8 Å². The summed E-state index contributed by atoms with van der Waals surface area (Å²) in [7, 11) is 1.81. The van der Waals surface area contributed by atoms with Crippen molar-refractivity contribution in [3.8, 4) is 0 Å². The molecule has 4 nitrogen and oxygen atoms in total. The molecule has 1 aromatic heterocycles. The first-order chi connectivity index (χ1) is 10.1. The molecule has 0 fully saturated rings. The second-order valence-corrected chi connectivity index (χ2v) is 5.84. The highest BCUT2D eigenvalue weighted by atomic mass is 32.1. The molecule has 0 bridgehead atoms. The van der Waals surface area contributed by atoms with E-state index in [1.54, 1.807) is 21.7 Å². The lowest BCUT2D eigenvalue weighted by molar-refractivity contribution is 0.0784. The summed E-state index contributed by atoms with van der Waals surface area (Å²) in [5, 5.41) is 5.29. The first-order valence-electron chi connectivity index (χ1n) is 7.09. The summed E-state index contributed by atoms with van der Waals surface area (Å²) in [6, 6.07) is 5.95. The Morgan fingerprint density at radius 1 is 1.43 bits per heavy atom. The maximum absolute atomic E-state index is 12.7. The van der Waals surface area contributed by atoms with Crippen LogP contribution in [0.3, 0.4) is 0 Å². The number of aryl methyl sites for hydroxylation is 1. The van der Waals surface area contributed by atoms with Gasteiger partial charge in [0.1, 0.15) is 0 Å². The van der Waals surface area contributed by atoms with E-state index in [-0.39, 0.29) is 5.91 Å². The van der Waals surface area contributed by atoms with Gasteiger partial charge in [0.2, 0.25) is 0 Å². The van der Waals surface area contributed by atoms with E-state index >= 15 is 0 Å². The lowest BCUT2D eigenvalue weighted by atomic mass is 10.1. The van der Waals surface area contributed by atoms with Gasteiger partial charge in [-0.1, -0.05) is 18.6 Å². The largest absolute Gasteiger partial charge is 0.384 e. The van der Waals surface area contributed by atoms with Crippen molar-refractivity contribution in [2.75, 3.05) is 18.9 Å². The Kier molecular flexibility index (Phi) is 5.33. The molecular formula is C16H21N3OS. The number of amides is 1. The van der Waals surface area contributed by atoms with Crippen LogP contribution in [0.2, 0.25) is 0 Å². The minimum Gasteiger partial charge on any atom is -0.384 e. The Hall–Kier alpha value is -1.88. The van der Waals surface area contributed by atoms with Crippen molar-refractivity contribution in [1.29, 1.82) is 0 Å². The summed E-state index contributed by atoms with van der Waals surface area (Å²) in [5.41, 5.74) is 5.42. The number of rotatable bonds is 6. The second-order valence-electron chi connectivity index (χ2n) is 5.12. The third-order valence-electron chi connectivity index (χ3n) is 3.20. The number of anilines is 1. The topological polar surface area (TPSA) is 45.2 Å². The number of nitrogens with one attached hydrogen (secondary N) is 1. The van der Waals surface area contributed by atoms with Gasteiger partial charge in [0.25, 0.3) is 5.91 Å². The van der Waals surface area contributed by atoms with Crippen molar-refractivity contribution in [3.05, 3.63) is 45.9 Å². The van der Waals surface area contributed by atoms with Crippen LogP contribution in [0.15, 0.2) is 29.1 Å². The highest BCUT2D eigenvalue weighted by molar-refractivity contribution is 7.07. The minimum absolute atomic E-state index is 0.0188. The second kappa shape index (κ2) is 7.22. The number of hydrogen-bond donors (Lipinski definition) is 1. The lowest BCUT2D eigenvalue weighted by Gasteiger charge is -2.19. The Bertz CT molecular complexity index is 596. The maximum Gasteiger partial charge on any atom is 0.256 e. The molecule has 5 heteroatoms. The van der Waals surface area contributed by atoms with Gasteiger partial charge in [-0.05, 0) is 25.5 Å². The molecule has 0 saturated carbocycles. The van der Waals surface area contributed by atoms with E-state index < -0.39 is 0 Å². The third kappa shape index (κ3) is 4.04. The first kappa shape index (κ1) is 15.5. The predicted molar refractivity (Wildman–Crippen MR) is 87.9 cm³/mol. The number of benzene rings is 1. The Balaban J connectivity index is 2.18. The van der Waals surface area contributed by atoms with Crippen LogP contribution >= 0.6 is 11.3 Å². The number of nitrogens with zero attached hydrogens (tertiary/aromatic N) is 2. The summed E-state index contributed by atoms with van der Waals surface area (Å²) < 4.78 is 0. The van der Waals surface area contributed by atoms with Crippen LogP contribution in [0.1, 0.15) is 35.0 Å². The van der Waals surface area contributed by atoms with E-state index in [4.69, 9.17) is 0 Å². The molecule has 0 radical (unpaired) electrons. The van der Waals surface area contributed by atoms with Crippen LogP contribution in [0.25, 0.3) is 0 Å². The van der Waals surface area contributed by atoms with Crippen molar-refractivity contribution in [2.24, 2.45) is 0 Å². The zero-order chi connectivity index (χ0) is 15.2. The van der Waals surface area contributed by atoms with Crippen LogP contribution in [0.4, 0.5) is 5.69 Å². The fraction of sp³-hybridized carbons (Fsp3) is 0.375. The van der Waals surface area contributed by atoms with Gasteiger partial charge in [-0.2, -0.15) is 0 Å². The van der Waals surface area contributed by atoms with Crippen molar-refractivity contribution >= 4 is 22.9 Å². The Labute approximate surface area is 129 Å². The van der Waals surface area contributed by atoms with E-state index in [9.17, 15) is 4.79 Å². The molecular weight excluding hydrogens is 282 g/mol. The van der Waals surface area contributed by atoms with Crippen LogP contribution in [-0.4, -0.2) is 29.4 Å². The van der Waals surface area contributed by atoms with Gasteiger partial charge in [-0.25, -0.2) is 4.98 Å². The molecule has 0 saturated heterocycles. The number of carbonyl (C=O) groups excluding carboxylic acids is 1. The monoisotopic (exact) mass is 303 g/mol. The van der Waals surface area contributed by atoms with Gasteiger partial charge in [-0.15, -0.1) is 11.3 Å². The zero-order valence-electron chi connectivity index (χ0n) is 12.7. The maximum atomic E-state index is 12.7. The molecule has 1 N–H and O–H groups in total. The van der Waals surface area contributed by atoms with Gasteiger partial charge >= 0.3 is 0 Å². The van der Waals surface area contributed by atoms with Crippen molar-refractivity contribution in [3.63, 3.8) is 0 Å². The lowest BCUT2D eigenvalue weighted by Crippen LogP contribution is -2.27. The van der Waals surface area contributed by atoms with E-state index in [0.717, 1.165) is 35.5 Å². The average Bonchev–Trinajstić information content (AvgIpc) is 2.98. The summed E-state index contributed by atoms with van der Waals surface area (Å²) in [5.74, 6) is 0.0188. The van der Waals surface area contributed by atoms with E-state index in [0.29, 0.717) is 6.54 Å². The van der Waals surface area contributed by atoms with Crippen LogP contribution in [0, 0.1) is 6.92 Å². The molecule has 1 amide bonds. The summed E-state index contributed by atoms with van der Waals surface area (Å²) in [6.07, 6.45) is 1.02. The summed E-state index contributed by atoms with van der Waals surface area (Å²) in [6.45, 7) is 5.50. The molecule has 0 aliphatic carbocycles.